The summed E-state index contributed by atoms with van der Waals surface area (Å²) in [5, 5.41) is 13.2. The number of carbonyl (C=O) groups is 2. The molecule has 6 nitrogen and oxygen atoms in total. The van der Waals surface area contributed by atoms with E-state index in [4.69, 9.17) is 9.47 Å². The molecule has 0 bridgehead atoms. The van der Waals surface area contributed by atoms with Crippen molar-refractivity contribution >= 4 is 23.7 Å². The molecular weight excluding hydrogens is 354 g/mol. The van der Waals surface area contributed by atoms with E-state index in [1.165, 1.54) is 0 Å². The Labute approximate surface area is 162 Å². The van der Waals surface area contributed by atoms with Crippen LogP contribution in [0, 0.1) is 0 Å². The van der Waals surface area contributed by atoms with E-state index in [0.29, 0.717) is 38.4 Å². The number of ether oxygens (including phenoxy) is 2. The third kappa shape index (κ3) is 14.4. The average Bonchev–Trinajstić information content (AvgIpc) is 2.60. The van der Waals surface area contributed by atoms with Gasteiger partial charge in [-0.2, -0.15) is 11.8 Å². The molecule has 2 atom stereocenters. The van der Waals surface area contributed by atoms with Gasteiger partial charge in [0.15, 0.2) is 0 Å². The zero-order valence-electron chi connectivity index (χ0n) is 16.6. The van der Waals surface area contributed by atoms with Crippen molar-refractivity contribution < 1.29 is 24.2 Å². The Hall–Kier alpha value is -0.790. The standard InChI is InChI=1S/C19H37NO5S/c1-4-7-8-10-16(21)12-13-20-17(19(23)25-6-3)15-26-14-9-11-18(22)24-5-2/h16-17,20-21H,4-15H2,1-3H3. The first kappa shape index (κ1) is 25.2. The maximum atomic E-state index is 12.1. The van der Waals surface area contributed by atoms with Gasteiger partial charge < -0.3 is 19.9 Å². The van der Waals surface area contributed by atoms with Crippen LogP contribution in [-0.4, -0.2) is 60.5 Å². The first-order chi connectivity index (χ1) is 12.5. The lowest BCUT2D eigenvalue weighted by Crippen LogP contribution is -2.41. The Morgan fingerprint density at radius 3 is 2.42 bits per heavy atom. The molecule has 7 heteroatoms. The number of aliphatic hydroxyl groups is 1. The summed E-state index contributed by atoms with van der Waals surface area (Å²) in [5.41, 5.74) is 0. The Bertz CT molecular complexity index is 368. The van der Waals surface area contributed by atoms with Crippen molar-refractivity contribution in [1.29, 1.82) is 0 Å². The molecule has 0 radical (unpaired) electrons. The van der Waals surface area contributed by atoms with Crippen molar-refractivity contribution in [1.82, 2.24) is 5.32 Å². The molecule has 0 aliphatic heterocycles. The fourth-order valence-corrected chi connectivity index (χ4v) is 3.41. The van der Waals surface area contributed by atoms with Gasteiger partial charge in [0.2, 0.25) is 0 Å². The monoisotopic (exact) mass is 391 g/mol. The smallest absolute Gasteiger partial charge is 0.323 e. The van der Waals surface area contributed by atoms with Gasteiger partial charge in [0.25, 0.3) is 0 Å². The van der Waals surface area contributed by atoms with E-state index >= 15 is 0 Å². The number of rotatable bonds is 17. The van der Waals surface area contributed by atoms with E-state index in [-0.39, 0.29) is 24.1 Å². The van der Waals surface area contributed by atoms with Gasteiger partial charge in [-0.25, -0.2) is 0 Å². The van der Waals surface area contributed by atoms with Gasteiger partial charge >= 0.3 is 11.9 Å². The van der Waals surface area contributed by atoms with E-state index in [0.717, 1.165) is 37.9 Å². The molecule has 0 aromatic heterocycles. The summed E-state index contributed by atoms with van der Waals surface area (Å²) in [6.45, 7) is 7.07. The van der Waals surface area contributed by atoms with Crippen LogP contribution >= 0.6 is 11.8 Å². The van der Waals surface area contributed by atoms with Crippen LogP contribution in [0.2, 0.25) is 0 Å². The maximum absolute atomic E-state index is 12.1. The summed E-state index contributed by atoms with van der Waals surface area (Å²) in [4.78, 5) is 23.3. The Kier molecular flexibility index (Phi) is 17.1. The molecule has 0 rings (SSSR count). The molecule has 0 spiro atoms. The highest BCUT2D eigenvalue weighted by Crippen LogP contribution is 2.10. The lowest BCUT2D eigenvalue weighted by molar-refractivity contribution is -0.145. The molecule has 26 heavy (non-hydrogen) atoms. The van der Waals surface area contributed by atoms with E-state index in [1.54, 1.807) is 25.6 Å². The largest absolute Gasteiger partial charge is 0.466 e. The summed E-state index contributed by atoms with van der Waals surface area (Å²) in [5.74, 6) is 0.944. The van der Waals surface area contributed by atoms with Gasteiger partial charge in [0, 0.05) is 12.2 Å². The summed E-state index contributed by atoms with van der Waals surface area (Å²) >= 11 is 1.62. The fraction of sp³-hybridized carbons (Fsp3) is 0.895. The molecule has 0 aliphatic rings. The Balaban J connectivity index is 4.05. The second-order valence-corrected chi connectivity index (χ2v) is 7.33. The number of hydrogen-bond donors (Lipinski definition) is 2. The number of unbranched alkanes of at least 4 members (excludes halogenated alkanes) is 2. The third-order valence-electron chi connectivity index (χ3n) is 3.84. The van der Waals surface area contributed by atoms with Crippen LogP contribution in [0.15, 0.2) is 0 Å². The molecule has 0 amide bonds. The Morgan fingerprint density at radius 2 is 1.77 bits per heavy atom. The first-order valence-electron chi connectivity index (χ1n) is 9.86. The molecule has 0 aliphatic carbocycles. The highest BCUT2D eigenvalue weighted by Gasteiger charge is 2.19. The molecule has 0 fully saturated rings. The molecule has 2 N–H and O–H groups in total. The van der Waals surface area contributed by atoms with Gasteiger partial charge in [-0.3, -0.25) is 9.59 Å². The SMILES string of the molecule is CCCCCC(O)CCNC(CSCCCC(=O)OCC)C(=O)OCC. The third-order valence-corrected chi connectivity index (χ3v) is 4.99. The van der Waals surface area contributed by atoms with Gasteiger partial charge in [-0.1, -0.05) is 26.2 Å². The lowest BCUT2D eigenvalue weighted by atomic mass is 10.1. The highest BCUT2D eigenvalue weighted by atomic mass is 32.2. The fourth-order valence-electron chi connectivity index (χ4n) is 2.40. The van der Waals surface area contributed by atoms with Crippen LogP contribution in [0.5, 0.6) is 0 Å². The van der Waals surface area contributed by atoms with E-state index in [2.05, 4.69) is 12.2 Å². The van der Waals surface area contributed by atoms with Gasteiger partial charge in [0.05, 0.1) is 19.3 Å². The van der Waals surface area contributed by atoms with Crippen LogP contribution in [-0.2, 0) is 19.1 Å². The summed E-state index contributed by atoms with van der Waals surface area (Å²) in [7, 11) is 0. The van der Waals surface area contributed by atoms with Gasteiger partial charge in [-0.15, -0.1) is 0 Å². The summed E-state index contributed by atoms with van der Waals surface area (Å²) in [6.07, 6.45) is 5.57. The zero-order chi connectivity index (χ0) is 19.6. The number of carbonyl (C=O) groups excluding carboxylic acids is 2. The number of nitrogens with one attached hydrogen (secondary N) is 1. The molecule has 0 heterocycles. The quantitative estimate of drug-likeness (QED) is 0.291. The summed E-state index contributed by atoms with van der Waals surface area (Å²) in [6, 6.07) is -0.384. The molecule has 0 aromatic rings. The predicted octanol–water partition coefficient (Wildman–Crippen LogP) is 2.92. The van der Waals surface area contributed by atoms with E-state index in [9.17, 15) is 14.7 Å². The van der Waals surface area contributed by atoms with Crippen LogP contribution in [0.3, 0.4) is 0 Å². The van der Waals surface area contributed by atoms with Crippen LogP contribution in [0.1, 0.15) is 65.7 Å². The van der Waals surface area contributed by atoms with Crippen LogP contribution < -0.4 is 5.32 Å². The van der Waals surface area contributed by atoms with Crippen molar-refractivity contribution in [2.75, 3.05) is 31.3 Å². The van der Waals surface area contributed by atoms with Gasteiger partial charge in [-0.05, 0) is 45.4 Å². The van der Waals surface area contributed by atoms with E-state index in [1.807, 2.05) is 0 Å². The lowest BCUT2D eigenvalue weighted by Gasteiger charge is -2.18. The number of hydrogen-bond acceptors (Lipinski definition) is 7. The zero-order valence-corrected chi connectivity index (χ0v) is 17.4. The minimum Gasteiger partial charge on any atom is -0.466 e. The molecule has 154 valence electrons. The van der Waals surface area contributed by atoms with Crippen molar-refractivity contribution in [3.8, 4) is 0 Å². The van der Waals surface area contributed by atoms with Crippen LogP contribution in [0.4, 0.5) is 0 Å². The predicted molar refractivity (Wildman–Crippen MR) is 106 cm³/mol. The highest BCUT2D eigenvalue weighted by molar-refractivity contribution is 7.99. The van der Waals surface area contributed by atoms with E-state index < -0.39 is 0 Å². The topological polar surface area (TPSA) is 84.9 Å². The number of esters is 2. The molecular formula is C19H37NO5S. The first-order valence-corrected chi connectivity index (χ1v) is 11.0. The summed E-state index contributed by atoms with van der Waals surface area (Å²) < 4.78 is 10.0. The van der Waals surface area contributed by atoms with Crippen molar-refractivity contribution in [2.24, 2.45) is 0 Å². The molecule has 0 saturated heterocycles. The second kappa shape index (κ2) is 17.6. The Morgan fingerprint density at radius 1 is 1.04 bits per heavy atom. The number of aliphatic hydroxyl groups excluding tert-OH is 1. The van der Waals surface area contributed by atoms with Gasteiger partial charge in [0.1, 0.15) is 6.04 Å². The minimum absolute atomic E-state index is 0.176. The normalized spacial score (nSPS) is 13.2. The average molecular weight is 392 g/mol. The second-order valence-electron chi connectivity index (χ2n) is 6.18. The molecule has 0 aromatic carbocycles. The minimum atomic E-state index is -0.384. The van der Waals surface area contributed by atoms with Crippen molar-refractivity contribution in [3.63, 3.8) is 0 Å². The molecule has 2 unspecified atom stereocenters. The van der Waals surface area contributed by atoms with Crippen LogP contribution in [0.25, 0.3) is 0 Å². The van der Waals surface area contributed by atoms with Crippen molar-refractivity contribution in [3.05, 3.63) is 0 Å². The molecule has 0 saturated carbocycles. The maximum Gasteiger partial charge on any atom is 0.323 e. The number of thioether (sulfide) groups is 1. The van der Waals surface area contributed by atoms with Crippen molar-refractivity contribution in [2.45, 2.75) is 77.9 Å².